The van der Waals surface area contributed by atoms with Gasteiger partial charge in [-0.3, -0.25) is 4.90 Å². The van der Waals surface area contributed by atoms with Gasteiger partial charge in [0.25, 0.3) is 0 Å². The number of carboxylic acid groups (broad SMARTS) is 1. The van der Waals surface area contributed by atoms with Crippen LogP contribution in [0.1, 0.15) is 37.7 Å². The monoisotopic (exact) mass is 471 g/mol. The fourth-order valence-corrected chi connectivity index (χ4v) is 5.01. The lowest BCUT2D eigenvalue weighted by Gasteiger charge is -2.40. The highest BCUT2D eigenvalue weighted by Crippen LogP contribution is 2.40. The summed E-state index contributed by atoms with van der Waals surface area (Å²) in [7, 11) is 1.72. The highest BCUT2D eigenvalue weighted by molar-refractivity contribution is 5.75. The van der Waals surface area contributed by atoms with Gasteiger partial charge in [-0.15, -0.1) is 0 Å². The number of hydrogen-bond donors (Lipinski definition) is 1. The molecular weight excluding hydrogens is 439 g/mol. The van der Waals surface area contributed by atoms with Crippen LogP contribution < -0.4 is 4.74 Å². The standard InChI is InChI=1S/C21H31N3O2.C2HF3O2/c1-26-19-7-4-6-18(14-19)15-22-10-5-8-21(16-22)9-13-24(17-21)20(25)23-11-2-3-12-23;3-2(4,5)1(6)7/h4,6-7,14H,2-3,5,8-13,15-17H2,1H3;(H,6,7). The molecule has 3 saturated heterocycles. The van der Waals surface area contributed by atoms with E-state index in [2.05, 4.69) is 32.9 Å². The summed E-state index contributed by atoms with van der Waals surface area (Å²) in [6.45, 7) is 7.00. The van der Waals surface area contributed by atoms with Crippen LogP contribution in [0.15, 0.2) is 24.3 Å². The molecule has 3 fully saturated rings. The Hall–Kier alpha value is -2.49. The summed E-state index contributed by atoms with van der Waals surface area (Å²) in [6.07, 6.45) is 0.889. The molecule has 0 bridgehead atoms. The van der Waals surface area contributed by atoms with E-state index in [0.29, 0.717) is 5.41 Å². The van der Waals surface area contributed by atoms with Gasteiger partial charge < -0.3 is 19.6 Å². The molecule has 3 aliphatic heterocycles. The number of carbonyl (C=O) groups is 2. The molecule has 1 spiro atoms. The highest BCUT2D eigenvalue weighted by atomic mass is 19.4. The van der Waals surface area contributed by atoms with Gasteiger partial charge in [0.05, 0.1) is 7.11 Å². The van der Waals surface area contributed by atoms with Crippen molar-refractivity contribution in [3.8, 4) is 5.75 Å². The Balaban J connectivity index is 0.000000383. The first-order chi connectivity index (χ1) is 15.6. The first kappa shape index (κ1) is 25.1. The predicted molar refractivity (Wildman–Crippen MR) is 116 cm³/mol. The zero-order valence-electron chi connectivity index (χ0n) is 18.9. The molecular formula is C23H32F3N3O4. The number of urea groups is 1. The molecule has 184 valence electrons. The molecule has 33 heavy (non-hydrogen) atoms. The molecule has 1 atom stereocenters. The second-order valence-corrected chi connectivity index (χ2v) is 9.12. The molecule has 0 saturated carbocycles. The number of aliphatic carboxylic acids is 1. The average Bonchev–Trinajstić information content (AvgIpc) is 3.44. The Morgan fingerprint density at radius 3 is 2.36 bits per heavy atom. The smallest absolute Gasteiger partial charge is 0.490 e. The summed E-state index contributed by atoms with van der Waals surface area (Å²) in [5.74, 6) is -1.83. The number of carboxylic acids is 1. The summed E-state index contributed by atoms with van der Waals surface area (Å²) in [6, 6.07) is 8.67. The molecule has 1 aromatic rings. The number of ether oxygens (including phenoxy) is 1. The number of methoxy groups -OCH3 is 1. The maximum atomic E-state index is 12.7. The zero-order valence-corrected chi connectivity index (χ0v) is 18.9. The van der Waals surface area contributed by atoms with Crippen LogP contribution in [0.4, 0.5) is 18.0 Å². The Kier molecular flexibility index (Phi) is 8.10. The Morgan fingerprint density at radius 2 is 1.73 bits per heavy atom. The van der Waals surface area contributed by atoms with Crippen LogP contribution in [-0.2, 0) is 11.3 Å². The minimum atomic E-state index is -5.08. The summed E-state index contributed by atoms with van der Waals surface area (Å²) in [5.41, 5.74) is 1.61. The number of likely N-dealkylation sites (tertiary alicyclic amines) is 3. The van der Waals surface area contributed by atoms with Gasteiger partial charge in [0, 0.05) is 44.7 Å². The first-order valence-corrected chi connectivity index (χ1v) is 11.3. The Bertz CT molecular complexity index is 829. The number of amides is 2. The van der Waals surface area contributed by atoms with Crippen LogP contribution in [0, 0.1) is 5.41 Å². The lowest BCUT2D eigenvalue weighted by Crippen LogP contribution is -2.46. The Morgan fingerprint density at radius 1 is 1.03 bits per heavy atom. The number of hydrogen-bond acceptors (Lipinski definition) is 4. The number of rotatable bonds is 3. The topological polar surface area (TPSA) is 73.3 Å². The van der Waals surface area contributed by atoms with Gasteiger partial charge in [-0.05, 0) is 56.3 Å². The maximum absolute atomic E-state index is 12.7. The molecule has 1 unspecified atom stereocenters. The molecule has 2 amide bonds. The fourth-order valence-electron chi connectivity index (χ4n) is 5.01. The van der Waals surface area contributed by atoms with Gasteiger partial charge in [-0.2, -0.15) is 13.2 Å². The number of benzene rings is 1. The summed E-state index contributed by atoms with van der Waals surface area (Å²) < 4.78 is 37.1. The quantitative estimate of drug-likeness (QED) is 0.726. The zero-order chi connectivity index (χ0) is 24.1. The number of alkyl halides is 3. The van der Waals surface area contributed by atoms with Crippen LogP contribution in [0.25, 0.3) is 0 Å². The molecule has 7 nitrogen and oxygen atoms in total. The van der Waals surface area contributed by atoms with Crippen molar-refractivity contribution in [2.75, 3.05) is 46.4 Å². The predicted octanol–water partition coefficient (Wildman–Crippen LogP) is 3.83. The summed E-state index contributed by atoms with van der Waals surface area (Å²) >= 11 is 0. The minimum absolute atomic E-state index is 0.282. The van der Waals surface area contributed by atoms with Crippen molar-refractivity contribution < 1.29 is 32.6 Å². The second kappa shape index (κ2) is 10.6. The van der Waals surface area contributed by atoms with E-state index >= 15 is 0 Å². The van der Waals surface area contributed by atoms with E-state index < -0.39 is 12.1 Å². The van der Waals surface area contributed by atoms with Crippen LogP contribution >= 0.6 is 0 Å². The van der Waals surface area contributed by atoms with Gasteiger partial charge in [-0.25, -0.2) is 9.59 Å². The third-order valence-electron chi connectivity index (χ3n) is 6.61. The molecule has 3 aliphatic rings. The average molecular weight is 472 g/mol. The number of carbonyl (C=O) groups excluding carboxylic acids is 1. The van der Waals surface area contributed by atoms with Gasteiger partial charge in [0.1, 0.15) is 5.75 Å². The first-order valence-electron chi connectivity index (χ1n) is 11.3. The number of nitrogens with zero attached hydrogens (tertiary/aromatic N) is 3. The summed E-state index contributed by atoms with van der Waals surface area (Å²) in [4.78, 5) is 28.4. The Labute approximate surface area is 192 Å². The van der Waals surface area contributed by atoms with Crippen molar-refractivity contribution in [3.63, 3.8) is 0 Å². The normalized spacial score (nSPS) is 23.4. The molecule has 1 aromatic carbocycles. The van der Waals surface area contributed by atoms with Crippen LogP contribution in [0.3, 0.4) is 0 Å². The largest absolute Gasteiger partial charge is 0.497 e. The molecule has 0 radical (unpaired) electrons. The van der Waals surface area contributed by atoms with E-state index in [4.69, 9.17) is 14.6 Å². The lowest BCUT2D eigenvalue weighted by atomic mass is 9.79. The molecule has 0 aliphatic carbocycles. The number of piperidine rings is 1. The summed E-state index contributed by atoms with van der Waals surface area (Å²) in [5, 5.41) is 7.12. The third-order valence-corrected chi connectivity index (χ3v) is 6.61. The van der Waals surface area contributed by atoms with Crippen molar-refractivity contribution in [2.24, 2.45) is 5.41 Å². The van der Waals surface area contributed by atoms with Gasteiger partial charge in [0.15, 0.2) is 0 Å². The van der Waals surface area contributed by atoms with Crippen molar-refractivity contribution in [3.05, 3.63) is 29.8 Å². The van der Waals surface area contributed by atoms with E-state index in [1.165, 1.54) is 31.2 Å². The van der Waals surface area contributed by atoms with Crippen molar-refractivity contribution in [1.82, 2.24) is 14.7 Å². The van der Waals surface area contributed by atoms with Crippen LogP contribution in [0.5, 0.6) is 5.75 Å². The third kappa shape index (κ3) is 6.75. The highest BCUT2D eigenvalue weighted by Gasteiger charge is 2.43. The maximum Gasteiger partial charge on any atom is 0.490 e. The van der Waals surface area contributed by atoms with Crippen molar-refractivity contribution >= 4 is 12.0 Å². The van der Waals surface area contributed by atoms with Crippen molar-refractivity contribution in [2.45, 2.75) is 44.8 Å². The van der Waals surface area contributed by atoms with E-state index in [1.807, 2.05) is 6.07 Å². The van der Waals surface area contributed by atoms with E-state index in [-0.39, 0.29) is 6.03 Å². The van der Waals surface area contributed by atoms with E-state index in [1.54, 1.807) is 7.11 Å². The fraction of sp³-hybridized carbons (Fsp3) is 0.652. The number of halogens is 3. The van der Waals surface area contributed by atoms with Gasteiger partial charge >= 0.3 is 18.2 Å². The van der Waals surface area contributed by atoms with E-state index in [0.717, 1.165) is 58.0 Å². The van der Waals surface area contributed by atoms with Crippen LogP contribution in [-0.4, -0.2) is 84.4 Å². The molecule has 0 aromatic heterocycles. The molecule has 10 heteroatoms. The van der Waals surface area contributed by atoms with Gasteiger partial charge in [0.2, 0.25) is 0 Å². The molecule has 4 rings (SSSR count). The lowest BCUT2D eigenvalue weighted by molar-refractivity contribution is -0.192. The van der Waals surface area contributed by atoms with Gasteiger partial charge in [-0.1, -0.05) is 12.1 Å². The molecule has 3 heterocycles. The van der Waals surface area contributed by atoms with E-state index in [9.17, 15) is 18.0 Å². The van der Waals surface area contributed by atoms with Crippen molar-refractivity contribution in [1.29, 1.82) is 0 Å². The second-order valence-electron chi connectivity index (χ2n) is 9.12. The minimum Gasteiger partial charge on any atom is -0.497 e. The molecule has 1 N–H and O–H groups in total. The SMILES string of the molecule is COc1cccc(CN2CCCC3(CCN(C(=O)N4CCCC4)C3)C2)c1.O=C(O)C(F)(F)F. The van der Waals surface area contributed by atoms with Crippen LogP contribution in [0.2, 0.25) is 0 Å².